The summed E-state index contributed by atoms with van der Waals surface area (Å²) in [6, 6.07) is 4.14. The highest BCUT2D eigenvalue weighted by molar-refractivity contribution is 7.90. The summed E-state index contributed by atoms with van der Waals surface area (Å²) in [7, 11) is -3.82. The van der Waals surface area contributed by atoms with E-state index in [1.54, 1.807) is 13.8 Å². The Morgan fingerprint density at radius 2 is 2.00 bits per heavy atom. The Kier molecular flexibility index (Phi) is 3.06. The molecule has 7 heteroatoms. The fourth-order valence-electron chi connectivity index (χ4n) is 1.90. The van der Waals surface area contributed by atoms with Gasteiger partial charge in [-0.15, -0.1) is 0 Å². The van der Waals surface area contributed by atoms with Crippen LogP contribution in [0.1, 0.15) is 30.6 Å². The molecule has 1 aliphatic heterocycles. The van der Waals surface area contributed by atoms with Crippen LogP contribution in [-0.2, 0) is 10.0 Å². The average molecular weight is 284 g/mol. The van der Waals surface area contributed by atoms with Gasteiger partial charge in [-0.25, -0.2) is 12.7 Å². The van der Waals surface area contributed by atoms with Gasteiger partial charge < -0.3 is 10.8 Å². The topological polar surface area (TPSA) is 101 Å². The molecule has 0 spiro atoms. The minimum absolute atomic E-state index is 0.0255. The quantitative estimate of drug-likeness (QED) is 0.790. The fraction of sp³-hybridized carbons (Fsp3) is 0.417. The number of carbonyl (C=O) groups excluding carboxylic acids is 1. The molecule has 0 fully saturated rings. The van der Waals surface area contributed by atoms with Crippen molar-refractivity contribution in [3.63, 3.8) is 0 Å². The van der Waals surface area contributed by atoms with E-state index in [2.05, 4.69) is 0 Å². The summed E-state index contributed by atoms with van der Waals surface area (Å²) in [4.78, 5) is 12.1. The molecular weight excluding hydrogens is 268 g/mol. The molecule has 0 saturated heterocycles. The second-order valence-electron chi connectivity index (χ2n) is 5.20. The zero-order valence-corrected chi connectivity index (χ0v) is 11.6. The van der Waals surface area contributed by atoms with Crippen molar-refractivity contribution in [2.75, 3.05) is 12.3 Å². The Morgan fingerprint density at radius 3 is 2.58 bits per heavy atom. The minimum Gasteiger partial charge on any atom is -0.399 e. The Morgan fingerprint density at radius 1 is 1.37 bits per heavy atom. The number of carbonyl (C=O) groups is 1. The van der Waals surface area contributed by atoms with Crippen LogP contribution in [0.25, 0.3) is 0 Å². The number of nitrogens with two attached hydrogens (primary N) is 1. The Bertz CT molecular complexity index is 632. The van der Waals surface area contributed by atoms with Crippen LogP contribution >= 0.6 is 0 Å². The van der Waals surface area contributed by atoms with E-state index in [0.717, 1.165) is 4.31 Å². The standard InChI is InChI=1S/C12H16N2O4S/c1-12(2,16)5-6-14-11(15)9-7-8(13)3-4-10(9)19(14,17)18/h3-4,7,16H,5-6,13H2,1-2H3. The van der Waals surface area contributed by atoms with Crippen LogP contribution < -0.4 is 5.73 Å². The summed E-state index contributed by atoms with van der Waals surface area (Å²) >= 11 is 0. The zero-order chi connectivity index (χ0) is 14.4. The predicted molar refractivity (Wildman–Crippen MR) is 70.0 cm³/mol. The number of anilines is 1. The van der Waals surface area contributed by atoms with Crippen molar-refractivity contribution in [1.29, 1.82) is 0 Å². The van der Waals surface area contributed by atoms with E-state index < -0.39 is 21.5 Å². The number of amides is 1. The number of hydrogen-bond acceptors (Lipinski definition) is 5. The van der Waals surface area contributed by atoms with E-state index >= 15 is 0 Å². The van der Waals surface area contributed by atoms with Gasteiger partial charge in [-0.1, -0.05) is 0 Å². The third kappa shape index (κ3) is 2.43. The van der Waals surface area contributed by atoms with Crippen molar-refractivity contribution in [3.8, 4) is 0 Å². The van der Waals surface area contributed by atoms with Crippen LogP contribution in [-0.4, -0.2) is 35.9 Å². The van der Waals surface area contributed by atoms with Gasteiger partial charge in [0, 0.05) is 12.2 Å². The lowest BCUT2D eigenvalue weighted by molar-refractivity contribution is 0.0616. The number of aliphatic hydroxyl groups is 1. The second kappa shape index (κ2) is 4.21. The van der Waals surface area contributed by atoms with E-state index in [9.17, 15) is 18.3 Å². The molecule has 0 radical (unpaired) electrons. The second-order valence-corrected chi connectivity index (χ2v) is 7.03. The molecule has 6 nitrogen and oxygen atoms in total. The molecule has 104 valence electrons. The first-order chi connectivity index (χ1) is 8.63. The van der Waals surface area contributed by atoms with Gasteiger partial charge in [-0.05, 0) is 38.5 Å². The summed E-state index contributed by atoms with van der Waals surface area (Å²) in [5, 5.41) is 9.64. The van der Waals surface area contributed by atoms with Crippen molar-refractivity contribution >= 4 is 21.6 Å². The zero-order valence-electron chi connectivity index (χ0n) is 10.8. The Balaban J connectivity index is 2.38. The number of rotatable bonds is 3. The highest BCUT2D eigenvalue weighted by Gasteiger charge is 2.41. The van der Waals surface area contributed by atoms with Crippen LogP contribution in [0.2, 0.25) is 0 Å². The number of sulfonamides is 1. The lowest BCUT2D eigenvalue weighted by atomic mass is 10.1. The van der Waals surface area contributed by atoms with Crippen LogP contribution in [0.4, 0.5) is 5.69 Å². The molecule has 0 unspecified atom stereocenters. The van der Waals surface area contributed by atoms with Crippen molar-refractivity contribution in [2.45, 2.75) is 30.8 Å². The molecule has 19 heavy (non-hydrogen) atoms. The smallest absolute Gasteiger partial charge is 0.269 e. The molecule has 2 rings (SSSR count). The summed E-state index contributed by atoms with van der Waals surface area (Å²) < 4.78 is 25.2. The van der Waals surface area contributed by atoms with Gasteiger partial charge in [0.2, 0.25) is 0 Å². The van der Waals surface area contributed by atoms with Crippen molar-refractivity contribution < 1.29 is 18.3 Å². The largest absolute Gasteiger partial charge is 0.399 e. The lowest BCUT2D eigenvalue weighted by Gasteiger charge is -2.21. The van der Waals surface area contributed by atoms with Crippen LogP contribution in [0.15, 0.2) is 23.1 Å². The van der Waals surface area contributed by atoms with Crippen LogP contribution in [0.5, 0.6) is 0 Å². The first-order valence-electron chi connectivity index (χ1n) is 5.82. The van der Waals surface area contributed by atoms with Gasteiger partial charge >= 0.3 is 0 Å². The number of fused-ring (bicyclic) bond motifs is 1. The highest BCUT2D eigenvalue weighted by atomic mass is 32.2. The van der Waals surface area contributed by atoms with E-state index in [4.69, 9.17) is 5.73 Å². The normalized spacial score (nSPS) is 17.6. The van der Waals surface area contributed by atoms with Crippen LogP contribution in [0.3, 0.4) is 0 Å². The molecule has 0 atom stereocenters. The third-order valence-electron chi connectivity index (χ3n) is 2.96. The number of benzene rings is 1. The number of nitrogen functional groups attached to an aromatic ring is 1. The van der Waals surface area contributed by atoms with Crippen LogP contribution in [0, 0.1) is 0 Å². The highest BCUT2D eigenvalue weighted by Crippen LogP contribution is 2.32. The van der Waals surface area contributed by atoms with Crippen molar-refractivity contribution in [3.05, 3.63) is 23.8 Å². The number of hydrogen-bond donors (Lipinski definition) is 2. The molecule has 1 heterocycles. The van der Waals surface area contributed by atoms with E-state index in [1.165, 1.54) is 18.2 Å². The summed E-state index contributed by atoms with van der Waals surface area (Å²) in [5.74, 6) is -0.591. The summed E-state index contributed by atoms with van der Waals surface area (Å²) in [5.41, 5.74) is 4.96. The average Bonchev–Trinajstić information content (AvgIpc) is 2.43. The fourth-order valence-corrected chi connectivity index (χ4v) is 3.45. The van der Waals surface area contributed by atoms with Gasteiger partial charge in [0.25, 0.3) is 15.9 Å². The van der Waals surface area contributed by atoms with Gasteiger partial charge in [-0.3, -0.25) is 4.79 Å². The van der Waals surface area contributed by atoms with Gasteiger partial charge in [0.15, 0.2) is 0 Å². The molecule has 0 saturated carbocycles. The van der Waals surface area contributed by atoms with E-state index in [-0.39, 0.29) is 23.4 Å². The maximum Gasteiger partial charge on any atom is 0.269 e. The molecule has 3 N–H and O–H groups in total. The number of nitrogens with zero attached hydrogens (tertiary/aromatic N) is 1. The van der Waals surface area contributed by atoms with Crippen molar-refractivity contribution in [2.24, 2.45) is 0 Å². The van der Waals surface area contributed by atoms with Crippen molar-refractivity contribution in [1.82, 2.24) is 4.31 Å². The minimum atomic E-state index is -3.82. The predicted octanol–water partition coefficient (Wildman–Crippen LogP) is 0.574. The summed E-state index contributed by atoms with van der Waals surface area (Å²) in [6.07, 6.45) is 0.168. The maximum absolute atomic E-state index is 12.2. The third-order valence-corrected chi connectivity index (χ3v) is 4.80. The lowest BCUT2D eigenvalue weighted by Crippen LogP contribution is -2.35. The van der Waals surface area contributed by atoms with Gasteiger partial charge in [0.05, 0.1) is 11.2 Å². The summed E-state index contributed by atoms with van der Waals surface area (Å²) in [6.45, 7) is 3.07. The molecule has 0 aromatic heterocycles. The van der Waals surface area contributed by atoms with Gasteiger partial charge in [0.1, 0.15) is 4.90 Å². The molecule has 0 bridgehead atoms. The van der Waals surface area contributed by atoms with Gasteiger partial charge in [-0.2, -0.15) is 0 Å². The van der Waals surface area contributed by atoms with E-state index in [1.807, 2.05) is 0 Å². The molecule has 0 aliphatic carbocycles. The Hall–Kier alpha value is -1.60. The first kappa shape index (κ1) is 13.8. The molecule has 1 aliphatic rings. The SMILES string of the molecule is CC(C)(O)CCN1C(=O)c2cc(N)ccc2S1(=O)=O. The molecular formula is C12H16N2O4S. The molecule has 1 aromatic rings. The molecule has 1 aromatic carbocycles. The monoisotopic (exact) mass is 284 g/mol. The first-order valence-corrected chi connectivity index (χ1v) is 7.26. The molecule has 1 amide bonds. The Labute approximate surface area is 111 Å². The maximum atomic E-state index is 12.2. The van der Waals surface area contributed by atoms with E-state index in [0.29, 0.717) is 5.69 Å².